The van der Waals surface area contributed by atoms with Gasteiger partial charge < -0.3 is 28.8 Å². The number of ether oxygens (including phenoxy) is 5. The zero-order chi connectivity index (χ0) is 17.2. The van der Waals surface area contributed by atoms with Crippen LogP contribution >= 0.6 is 0 Å². The Morgan fingerprint density at radius 2 is 1.12 bits per heavy atom. The van der Waals surface area contributed by atoms with Crippen molar-refractivity contribution in [3.8, 4) is 0 Å². The second-order valence-electron chi connectivity index (χ2n) is 4.32. The van der Waals surface area contributed by atoms with Crippen LogP contribution in [-0.4, -0.2) is 82.9 Å². The maximum atomic E-state index is 10.8. The summed E-state index contributed by atoms with van der Waals surface area (Å²) in [6.45, 7) is 6.86. The van der Waals surface area contributed by atoms with E-state index in [4.69, 9.17) is 28.8 Å². The van der Waals surface area contributed by atoms with Gasteiger partial charge in [-0.2, -0.15) is 0 Å². The fourth-order valence-corrected chi connectivity index (χ4v) is 1.27. The standard InChI is InChI=1S/C15H26O8.Zn/c1-2-14(16)13-23-12-11-22-10-9-21-8-7-20-6-5-19-4-3-15(17)18;/h2H,1,3-13H2,(H,17,18);. The van der Waals surface area contributed by atoms with Crippen LogP contribution in [0.5, 0.6) is 0 Å². The topological polar surface area (TPSA) is 101 Å². The van der Waals surface area contributed by atoms with Gasteiger partial charge in [-0.1, -0.05) is 6.58 Å². The first kappa shape index (κ1) is 25.5. The van der Waals surface area contributed by atoms with Crippen LogP contribution in [0.4, 0.5) is 0 Å². The zero-order valence-corrected chi connectivity index (χ0v) is 17.0. The van der Waals surface area contributed by atoms with Crippen molar-refractivity contribution in [1.82, 2.24) is 0 Å². The van der Waals surface area contributed by atoms with Crippen molar-refractivity contribution in [1.29, 1.82) is 0 Å². The van der Waals surface area contributed by atoms with E-state index in [1.54, 1.807) is 0 Å². The number of carboxylic acid groups (broad SMARTS) is 1. The number of rotatable bonds is 18. The summed E-state index contributed by atoms with van der Waals surface area (Å²) in [6.07, 6.45) is 1.22. The van der Waals surface area contributed by atoms with Crippen molar-refractivity contribution in [3.63, 3.8) is 0 Å². The van der Waals surface area contributed by atoms with Gasteiger partial charge in [0.2, 0.25) is 0 Å². The van der Waals surface area contributed by atoms with Crippen LogP contribution in [0.3, 0.4) is 0 Å². The molecule has 0 spiro atoms. The molecule has 0 bridgehead atoms. The van der Waals surface area contributed by atoms with E-state index in [1.165, 1.54) is 6.08 Å². The van der Waals surface area contributed by atoms with E-state index in [1.807, 2.05) is 0 Å². The van der Waals surface area contributed by atoms with E-state index in [0.717, 1.165) is 0 Å². The normalized spacial score (nSPS) is 10.2. The minimum absolute atomic E-state index is 0. The average molecular weight is 400 g/mol. The van der Waals surface area contributed by atoms with E-state index >= 15 is 0 Å². The molecule has 0 radical (unpaired) electrons. The number of ketones is 1. The first-order valence-electron chi connectivity index (χ1n) is 7.42. The Hall–Kier alpha value is -0.697. The predicted octanol–water partition coefficient (Wildman–Crippen LogP) is 0.297. The maximum Gasteiger partial charge on any atom is 0.305 e. The van der Waals surface area contributed by atoms with Gasteiger partial charge in [0, 0.05) is 19.5 Å². The van der Waals surface area contributed by atoms with Crippen LogP contribution in [-0.2, 0) is 52.8 Å². The van der Waals surface area contributed by atoms with Crippen LogP contribution in [0.15, 0.2) is 12.7 Å². The Kier molecular flexibility index (Phi) is 21.7. The zero-order valence-electron chi connectivity index (χ0n) is 14.1. The number of hydrogen-bond donors (Lipinski definition) is 1. The summed E-state index contributed by atoms with van der Waals surface area (Å²) < 4.78 is 25.9. The third kappa shape index (κ3) is 21.3. The van der Waals surface area contributed by atoms with Crippen molar-refractivity contribution in [2.24, 2.45) is 0 Å². The van der Waals surface area contributed by atoms with E-state index in [-0.39, 0.29) is 44.9 Å². The molecule has 24 heavy (non-hydrogen) atoms. The third-order valence-electron chi connectivity index (χ3n) is 2.42. The molecule has 0 atom stereocenters. The third-order valence-corrected chi connectivity index (χ3v) is 2.42. The summed E-state index contributed by atoms with van der Waals surface area (Å²) >= 11 is 0. The van der Waals surface area contributed by atoms with E-state index < -0.39 is 5.97 Å². The number of hydrogen-bond acceptors (Lipinski definition) is 7. The van der Waals surface area contributed by atoms with E-state index in [2.05, 4.69) is 6.58 Å². The van der Waals surface area contributed by atoms with Gasteiger partial charge in [-0.05, 0) is 6.08 Å². The molecular formula is C15H26O8Zn. The molecule has 0 aromatic rings. The minimum atomic E-state index is -0.877. The van der Waals surface area contributed by atoms with Gasteiger partial charge in [-0.3, -0.25) is 9.59 Å². The summed E-state index contributed by atoms with van der Waals surface area (Å²) in [6, 6.07) is 0. The first-order valence-corrected chi connectivity index (χ1v) is 7.42. The van der Waals surface area contributed by atoms with Crippen molar-refractivity contribution < 1.29 is 57.9 Å². The van der Waals surface area contributed by atoms with Crippen molar-refractivity contribution in [3.05, 3.63) is 12.7 Å². The van der Waals surface area contributed by atoms with Crippen LogP contribution in [0, 0.1) is 0 Å². The maximum absolute atomic E-state index is 10.8. The molecular weight excluding hydrogens is 374 g/mol. The van der Waals surface area contributed by atoms with Gasteiger partial charge in [-0.25, -0.2) is 0 Å². The fraction of sp³-hybridized carbons (Fsp3) is 0.733. The molecule has 0 aromatic heterocycles. The molecule has 0 aliphatic carbocycles. The van der Waals surface area contributed by atoms with Crippen molar-refractivity contribution in [2.45, 2.75) is 6.42 Å². The molecule has 0 amide bonds. The van der Waals surface area contributed by atoms with E-state index in [0.29, 0.717) is 52.9 Å². The van der Waals surface area contributed by atoms with Crippen LogP contribution < -0.4 is 0 Å². The molecule has 136 valence electrons. The molecule has 1 N–H and O–H groups in total. The quantitative estimate of drug-likeness (QED) is 0.199. The summed E-state index contributed by atoms with van der Waals surface area (Å²) in [4.78, 5) is 21.0. The summed E-state index contributed by atoms with van der Waals surface area (Å²) in [5, 5.41) is 8.39. The van der Waals surface area contributed by atoms with Gasteiger partial charge in [0.25, 0.3) is 0 Å². The Labute approximate surface area is 155 Å². The average Bonchev–Trinajstić information content (AvgIpc) is 2.53. The Morgan fingerprint density at radius 3 is 1.50 bits per heavy atom. The van der Waals surface area contributed by atoms with Crippen molar-refractivity contribution >= 4 is 11.8 Å². The molecule has 8 nitrogen and oxygen atoms in total. The fourth-order valence-electron chi connectivity index (χ4n) is 1.27. The van der Waals surface area contributed by atoms with Gasteiger partial charge in [0.1, 0.15) is 6.61 Å². The molecule has 0 saturated carbocycles. The van der Waals surface area contributed by atoms with Crippen LogP contribution in [0.1, 0.15) is 6.42 Å². The molecule has 0 aliphatic heterocycles. The molecule has 0 rings (SSSR count). The number of carbonyl (C=O) groups is 2. The SMILES string of the molecule is C=CC(=O)COCCOCCOCCOCCOCCC(=O)O.[Zn]. The monoisotopic (exact) mass is 398 g/mol. The Morgan fingerprint density at radius 1 is 0.750 bits per heavy atom. The Balaban J connectivity index is 0. The van der Waals surface area contributed by atoms with Crippen molar-refractivity contribution in [2.75, 3.05) is 66.1 Å². The smallest absolute Gasteiger partial charge is 0.305 e. The van der Waals surface area contributed by atoms with E-state index in [9.17, 15) is 9.59 Å². The molecule has 0 heterocycles. The Bertz CT molecular complexity index is 325. The largest absolute Gasteiger partial charge is 0.481 e. The molecule has 0 aromatic carbocycles. The van der Waals surface area contributed by atoms with Gasteiger partial charge in [0.15, 0.2) is 5.78 Å². The van der Waals surface area contributed by atoms with Crippen LogP contribution in [0.25, 0.3) is 0 Å². The molecule has 0 aliphatic rings. The summed E-state index contributed by atoms with van der Waals surface area (Å²) in [5.74, 6) is -1.03. The molecule has 0 unspecified atom stereocenters. The first-order chi connectivity index (χ1) is 11.2. The molecule has 0 saturated heterocycles. The number of carbonyl (C=O) groups excluding carboxylic acids is 1. The van der Waals surface area contributed by atoms with Gasteiger partial charge >= 0.3 is 5.97 Å². The summed E-state index contributed by atoms with van der Waals surface area (Å²) in [7, 11) is 0. The second-order valence-corrected chi connectivity index (χ2v) is 4.32. The summed E-state index contributed by atoms with van der Waals surface area (Å²) in [5.41, 5.74) is 0. The van der Waals surface area contributed by atoms with Crippen LogP contribution in [0.2, 0.25) is 0 Å². The van der Waals surface area contributed by atoms with Gasteiger partial charge in [0.05, 0.1) is 65.9 Å². The molecule has 0 fully saturated rings. The minimum Gasteiger partial charge on any atom is -0.481 e. The number of aliphatic carboxylic acids is 1. The second kappa shape index (κ2) is 20.3. The molecule has 9 heteroatoms. The van der Waals surface area contributed by atoms with Gasteiger partial charge in [-0.15, -0.1) is 0 Å². The number of carboxylic acids is 1. The predicted molar refractivity (Wildman–Crippen MR) is 81.6 cm³/mol.